The van der Waals surface area contributed by atoms with Crippen molar-refractivity contribution in [1.29, 1.82) is 0 Å². The zero-order chi connectivity index (χ0) is 11.9. The van der Waals surface area contributed by atoms with Crippen LogP contribution in [0.15, 0.2) is 36.5 Å². The fraction of sp³-hybridized carbons (Fsp3) is 0.562. The van der Waals surface area contributed by atoms with Crippen LogP contribution in [0.2, 0.25) is 0 Å². The minimum absolute atomic E-state index is 1.08. The molecule has 0 N–H and O–H groups in total. The first-order chi connectivity index (χ1) is 7.91. The maximum Gasteiger partial charge on any atom is -0.0348 e. The molecular formula is C16H27. The van der Waals surface area contributed by atoms with E-state index >= 15 is 0 Å². The van der Waals surface area contributed by atoms with Gasteiger partial charge in [0.15, 0.2) is 0 Å². The van der Waals surface area contributed by atoms with Crippen LogP contribution in [0.5, 0.6) is 0 Å². The van der Waals surface area contributed by atoms with E-state index in [1.807, 2.05) is 0 Å². The van der Waals surface area contributed by atoms with E-state index < -0.39 is 0 Å². The van der Waals surface area contributed by atoms with Crippen molar-refractivity contribution in [1.82, 2.24) is 0 Å². The topological polar surface area (TPSA) is 0 Å². The molecule has 0 aliphatic rings. The van der Waals surface area contributed by atoms with Crippen molar-refractivity contribution in [3.05, 3.63) is 43.4 Å². The standard InChI is InChI=1S/C16H27/c1-3-5-7-9-11-13-15-16-14-12-10-8-6-4-2/h10,12-16H,1,3-9,11H2,2H3/b12-10+,15-13+,16-14+. The van der Waals surface area contributed by atoms with Crippen LogP contribution in [0.1, 0.15) is 58.3 Å². The average Bonchev–Trinajstić information content (AvgIpc) is 2.31. The van der Waals surface area contributed by atoms with Crippen molar-refractivity contribution in [3.63, 3.8) is 0 Å². The lowest BCUT2D eigenvalue weighted by Crippen LogP contribution is -1.73. The van der Waals surface area contributed by atoms with E-state index in [-0.39, 0.29) is 0 Å². The Morgan fingerprint density at radius 1 is 0.750 bits per heavy atom. The van der Waals surface area contributed by atoms with Crippen LogP contribution in [0.3, 0.4) is 0 Å². The van der Waals surface area contributed by atoms with Gasteiger partial charge in [-0.05, 0) is 19.3 Å². The molecule has 0 bridgehead atoms. The second kappa shape index (κ2) is 14.2. The van der Waals surface area contributed by atoms with Crippen LogP contribution in [0.4, 0.5) is 0 Å². The maximum atomic E-state index is 3.84. The molecular weight excluding hydrogens is 192 g/mol. The van der Waals surface area contributed by atoms with E-state index in [1.54, 1.807) is 0 Å². The van der Waals surface area contributed by atoms with Gasteiger partial charge >= 0.3 is 0 Å². The molecule has 0 heteroatoms. The number of unbranched alkanes of at least 4 members (excludes halogenated alkanes) is 6. The lowest BCUT2D eigenvalue weighted by Gasteiger charge is -1.92. The average molecular weight is 219 g/mol. The highest BCUT2D eigenvalue weighted by Crippen LogP contribution is 2.02. The fourth-order valence-electron chi connectivity index (χ4n) is 1.42. The third-order valence-electron chi connectivity index (χ3n) is 2.45. The van der Waals surface area contributed by atoms with Crippen molar-refractivity contribution < 1.29 is 0 Å². The highest BCUT2D eigenvalue weighted by molar-refractivity contribution is 5.10. The van der Waals surface area contributed by atoms with E-state index in [0.29, 0.717) is 0 Å². The Labute approximate surface area is 102 Å². The van der Waals surface area contributed by atoms with Crippen LogP contribution in [0.25, 0.3) is 0 Å². The second-order valence-corrected chi connectivity index (χ2v) is 4.09. The Hall–Kier alpha value is -0.780. The minimum Gasteiger partial charge on any atom is -0.0845 e. The van der Waals surface area contributed by atoms with Crippen molar-refractivity contribution in [2.45, 2.75) is 58.3 Å². The molecule has 0 nitrogen and oxygen atoms in total. The molecule has 0 spiro atoms. The number of hydrogen-bond acceptors (Lipinski definition) is 0. The van der Waals surface area contributed by atoms with Gasteiger partial charge in [-0.2, -0.15) is 0 Å². The van der Waals surface area contributed by atoms with Crippen molar-refractivity contribution in [2.75, 3.05) is 0 Å². The lowest BCUT2D eigenvalue weighted by molar-refractivity contribution is 0.695. The van der Waals surface area contributed by atoms with Crippen molar-refractivity contribution >= 4 is 0 Å². The van der Waals surface area contributed by atoms with E-state index in [9.17, 15) is 0 Å². The zero-order valence-electron chi connectivity index (χ0n) is 10.8. The summed E-state index contributed by atoms with van der Waals surface area (Å²) in [5, 5.41) is 0. The van der Waals surface area contributed by atoms with Gasteiger partial charge in [-0.3, -0.25) is 0 Å². The maximum absolute atomic E-state index is 3.84. The van der Waals surface area contributed by atoms with Crippen LogP contribution < -0.4 is 0 Å². The van der Waals surface area contributed by atoms with Gasteiger partial charge in [-0.15, -0.1) is 0 Å². The molecule has 0 aromatic rings. The van der Waals surface area contributed by atoms with E-state index in [4.69, 9.17) is 0 Å². The third kappa shape index (κ3) is 13.2. The van der Waals surface area contributed by atoms with Crippen molar-refractivity contribution in [2.24, 2.45) is 0 Å². The predicted octanol–water partition coefficient (Wildman–Crippen LogP) is 5.63. The molecule has 16 heavy (non-hydrogen) atoms. The number of rotatable bonds is 10. The fourth-order valence-corrected chi connectivity index (χ4v) is 1.42. The molecule has 0 saturated carbocycles. The van der Waals surface area contributed by atoms with Gasteiger partial charge in [0.25, 0.3) is 0 Å². The minimum atomic E-state index is 1.08. The van der Waals surface area contributed by atoms with Gasteiger partial charge in [-0.25, -0.2) is 0 Å². The highest BCUT2D eigenvalue weighted by Gasteiger charge is 1.83. The summed E-state index contributed by atoms with van der Waals surface area (Å²) in [6.45, 7) is 6.06. The molecule has 0 aromatic heterocycles. The van der Waals surface area contributed by atoms with E-state index in [0.717, 1.165) is 6.42 Å². The molecule has 0 unspecified atom stereocenters. The molecule has 0 fully saturated rings. The van der Waals surface area contributed by atoms with Crippen LogP contribution in [0, 0.1) is 6.92 Å². The summed E-state index contributed by atoms with van der Waals surface area (Å²) < 4.78 is 0. The molecule has 0 aliphatic heterocycles. The molecule has 0 aromatic carbocycles. The monoisotopic (exact) mass is 219 g/mol. The summed E-state index contributed by atoms with van der Waals surface area (Å²) >= 11 is 0. The van der Waals surface area contributed by atoms with Gasteiger partial charge in [0.2, 0.25) is 0 Å². The summed E-state index contributed by atoms with van der Waals surface area (Å²) in [5.74, 6) is 0. The predicted molar refractivity (Wildman–Crippen MR) is 75.4 cm³/mol. The van der Waals surface area contributed by atoms with Gasteiger partial charge < -0.3 is 0 Å². The lowest BCUT2D eigenvalue weighted by atomic mass is 10.1. The van der Waals surface area contributed by atoms with Gasteiger partial charge in [0, 0.05) is 0 Å². The first-order valence-electron chi connectivity index (χ1n) is 6.69. The molecule has 1 radical (unpaired) electrons. The first kappa shape index (κ1) is 15.2. The van der Waals surface area contributed by atoms with E-state index in [1.165, 1.54) is 44.9 Å². The smallest absolute Gasteiger partial charge is 0.0348 e. The largest absolute Gasteiger partial charge is 0.0845 e. The summed E-state index contributed by atoms with van der Waals surface area (Å²) in [5.41, 5.74) is 0. The number of hydrogen-bond donors (Lipinski definition) is 0. The SMILES string of the molecule is [CH2]CCCCC/C=C/C=C/C=C/CCCC. The molecule has 0 aliphatic carbocycles. The molecule has 0 amide bonds. The second-order valence-electron chi connectivity index (χ2n) is 4.09. The third-order valence-corrected chi connectivity index (χ3v) is 2.45. The van der Waals surface area contributed by atoms with Crippen LogP contribution in [-0.4, -0.2) is 0 Å². The van der Waals surface area contributed by atoms with Gasteiger partial charge in [0.05, 0.1) is 0 Å². The Morgan fingerprint density at radius 2 is 1.38 bits per heavy atom. The summed E-state index contributed by atoms with van der Waals surface area (Å²) in [6.07, 6.45) is 22.9. The van der Waals surface area contributed by atoms with Gasteiger partial charge in [0.1, 0.15) is 0 Å². The normalized spacial score (nSPS) is 12.4. The summed E-state index contributed by atoms with van der Waals surface area (Å²) in [4.78, 5) is 0. The Morgan fingerprint density at radius 3 is 1.94 bits per heavy atom. The molecule has 0 atom stereocenters. The first-order valence-corrected chi connectivity index (χ1v) is 6.69. The van der Waals surface area contributed by atoms with Gasteiger partial charge in [-0.1, -0.05) is 82.4 Å². The Kier molecular flexibility index (Phi) is 13.5. The highest BCUT2D eigenvalue weighted by atomic mass is 13.9. The molecule has 0 heterocycles. The van der Waals surface area contributed by atoms with Crippen LogP contribution >= 0.6 is 0 Å². The summed E-state index contributed by atoms with van der Waals surface area (Å²) in [6, 6.07) is 0. The van der Waals surface area contributed by atoms with Crippen LogP contribution in [-0.2, 0) is 0 Å². The Bertz CT molecular complexity index is 196. The molecule has 0 saturated heterocycles. The quantitative estimate of drug-likeness (QED) is 0.330. The zero-order valence-corrected chi connectivity index (χ0v) is 10.8. The Balaban J connectivity index is 3.30. The molecule has 91 valence electrons. The van der Waals surface area contributed by atoms with E-state index in [2.05, 4.69) is 50.3 Å². The molecule has 0 rings (SSSR count). The summed E-state index contributed by atoms with van der Waals surface area (Å²) in [7, 11) is 0. The van der Waals surface area contributed by atoms with Crippen molar-refractivity contribution in [3.8, 4) is 0 Å². The number of allylic oxidation sites excluding steroid dienone is 6.